The Balaban J connectivity index is 1.63. The summed E-state index contributed by atoms with van der Waals surface area (Å²) < 4.78 is 12.6. The summed E-state index contributed by atoms with van der Waals surface area (Å²) in [7, 11) is 3.33. The first-order valence-electron chi connectivity index (χ1n) is 8.18. The fraction of sp³-hybridized carbons (Fsp3) is 0.444. The highest BCUT2D eigenvalue weighted by atomic mass is 16.5. The molecule has 0 bridgehead atoms. The first-order valence-corrected chi connectivity index (χ1v) is 8.18. The molecule has 0 aliphatic carbocycles. The Morgan fingerprint density at radius 2 is 2.21 bits per heavy atom. The molecule has 128 valence electrons. The van der Waals surface area contributed by atoms with E-state index in [1.165, 1.54) is 0 Å². The van der Waals surface area contributed by atoms with Crippen LogP contribution in [0.5, 0.6) is 11.5 Å². The predicted molar refractivity (Wildman–Crippen MR) is 90.3 cm³/mol. The first kappa shape index (κ1) is 16.4. The monoisotopic (exact) mass is 329 g/mol. The zero-order chi connectivity index (χ0) is 16.9. The van der Waals surface area contributed by atoms with Crippen LogP contribution in [0, 0.1) is 0 Å². The zero-order valence-electron chi connectivity index (χ0n) is 14.1. The maximum Gasteiger partial charge on any atom is 0.224 e. The molecule has 1 unspecified atom stereocenters. The van der Waals surface area contributed by atoms with Crippen molar-refractivity contribution in [2.24, 2.45) is 0 Å². The number of amides is 1. The molecular formula is C18H23N3O3. The van der Waals surface area contributed by atoms with Gasteiger partial charge in [0.1, 0.15) is 11.5 Å². The summed E-state index contributed by atoms with van der Waals surface area (Å²) in [6, 6.07) is 7.70. The van der Waals surface area contributed by atoms with Crippen LogP contribution in [-0.2, 0) is 11.3 Å². The van der Waals surface area contributed by atoms with Crippen molar-refractivity contribution in [3.05, 3.63) is 42.2 Å². The van der Waals surface area contributed by atoms with Gasteiger partial charge in [-0.25, -0.2) is 0 Å². The lowest BCUT2D eigenvalue weighted by molar-refractivity contribution is -0.130. The molecule has 0 radical (unpaired) electrons. The van der Waals surface area contributed by atoms with Gasteiger partial charge in [0.05, 0.1) is 14.2 Å². The van der Waals surface area contributed by atoms with E-state index >= 15 is 0 Å². The quantitative estimate of drug-likeness (QED) is 0.816. The van der Waals surface area contributed by atoms with Gasteiger partial charge < -0.3 is 14.4 Å². The lowest BCUT2D eigenvalue weighted by atomic mass is 9.97. The number of aromatic nitrogens is 2. The number of hydrogen-bond acceptors (Lipinski definition) is 4. The summed E-state index contributed by atoms with van der Waals surface area (Å²) in [6.07, 6.45) is 5.02. The summed E-state index contributed by atoms with van der Waals surface area (Å²) >= 11 is 0. The predicted octanol–water partition coefficient (Wildman–Crippen LogP) is 2.31. The van der Waals surface area contributed by atoms with Gasteiger partial charge in [-0.15, -0.1) is 0 Å². The summed E-state index contributed by atoms with van der Waals surface area (Å²) in [5.74, 6) is 2.12. The molecule has 2 aromatic rings. The number of carbonyl (C=O) groups excluding carboxylic acids is 1. The molecular weight excluding hydrogens is 306 g/mol. The van der Waals surface area contributed by atoms with E-state index in [1.807, 2.05) is 35.4 Å². The van der Waals surface area contributed by atoms with Crippen molar-refractivity contribution < 1.29 is 14.3 Å². The molecule has 6 nitrogen and oxygen atoms in total. The summed E-state index contributed by atoms with van der Waals surface area (Å²) in [6.45, 7) is 2.12. The Bertz CT molecular complexity index is 685. The third-order valence-electron chi connectivity index (χ3n) is 4.53. The fourth-order valence-electron chi connectivity index (χ4n) is 3.20. The number of likely N-dealkylation sites (tertiary alicyclic amines) is 1. The Labute approximate surface area is 142 Å². The average molecular weight is 329 g/mol. The van der Waals surface area contributed by atoms with Gasteiger partial charge in [-0.2, -0.15) is 5.10 Å². The van der Waals surface area contributed by atoms with Crippen LogP contribution in [0.25, 0.3) is 0 Å². The van der Waals surface area contributed by atoms with Gasteiger partial charge >= 0.3 is 0 Å². The number of ether oxygens (including phenoxy) is 2. The molecule has 3 rings (SSSR count). The van der Waals surface area contributed by atoms with Crippen molar-refractivity contribution in [3.8, 4) is 11.5 Å². The van der Waals surface area contributed by atoms with Crippen molar-refractivity contribution >= 4 is 5.91 Å². The molecule has 1 aliphatic heterocycles. The molecule has 6 heteroatoms. The van der Waals surface area contributed by atoms with Crippen LogP contribution in [0.1, 0.15) is 24.3 Å². The number of methoxy groups -OCH3 is 2. The molecule has 1 aliphatic rings. The van der Waals surface area contributed by atoms with Gasteiger partial charge in [-0.1, -0.05) is 0 Å². The molecule has 0 saturated carbocycles. The van der Waals surface area contributed by atoms with Gasteiger partial charge in [0.2, 0.25) is 5.91 Å². The van der Waals surface area contributed by atoms with Crippen molar-refractivity contribution in [2.75, 3.05) is 27.3 Å². The van der Waals surface area contributed by atoms with Crippen LogP contribution >= 0.6 is 0 Å². The number of carbonyl (C=O) groups is 1. The maximum absolute atomic E-state index is 12.4. The van der Waals surface area contributed by atoms with Gasteiger partial charge in [0, 0.05) is 49.9 Å². The second kappa shape index (κ2) is 7.38. The lowest BCUT2D eigenvalue weighted by Gasteiger charge is -2.18. The highest BCUT2D eigenvalue weighted by Crippen LogP contribution is 2.36. The van der Waals surface area contributed by atoms with Crippen LogP contribution in [0.15, 0.2) is 36.7 Å². The van der Waals surface area contributed by atoms with Crippen LogP contribution in [0.2, 0.25) is 0 Å². The number of benzene rings is 1. The highest BCUT2D eigenvalue weighted by molar-refractivity contribution is 5.76. The van der Waals surface area contributed by atoms with Gasteiger partial charge in [0.15, 0.2) is 0 Å². The molecule has 0 N–H and O–H groups in total. The average Bonchev–Trinajstić information content (AvgIpc) is 3.30. The topological polar surface area (TPSA) is 56.6 Å². The minimum absolute atomic E-state index is 0.176. The summed E-state index contributed by atoms with van der Waals surface area (Å²) in [4.78, 5) is 14.4. The Morgan fingerprint density at radius 1 is 1.33 bits per heavy atom. The van der Waals surface area contributed by atoms with E-state index in [1.54, 1.807) is 25.1 Å². The SMILES string of the molecule is COc1ccc(OC)c(C2CCN(C(=O)CCn3cccn3)C2)c1. The summed E-state index contributed by atoms with van der Waals surface area (Å²) in [5, 5.41) is 4.13. The molecule has 1 saturated heterocycles. The van der Waals surface area contributed by atoms with Crippen molar-refractivity contribution in [3.63, 3.8) is 0 Å². The standard InChI is InChI=1S/C18H23N3O3/c1-23-15-4-5-17(24-2)16(12-15)14-6-10-20(13-14)18(22)7-11-21-9-3-8-19-21/h3-5,8-9,12,14H,6-7,10-11,13H2,1-2H3. The van der Waals surface area contributed by atoms with Crippen molar-refractivity contribution in [1.82, 2.24) is 14.7 Å². The molecule has 24 heavy (non-hydrogen) atoms. The van der Waals surface area contributed by atoms with Crippen LogP contribution in [-0.4, -0.2) is 47.9 Å². The largest absolute Gasteiger partial charge is 0.497 e. The zero-order valence-corrected chi connectivity index (χ0v) is 14.1. The highest BCUT2D eigenvalue weighted by Gasteiger charge is 2.29. The van der Waals surface area contributed by atoms with E-state index in [2.05, 4.69) is 5.10 Å². The van der Waals surface area contributed by atoms with E-state index in [0.717, 1.165) is 36.6 Å². The lowest BCUT2D eigenvalue weighted by Crippen LogP contribution is -2.29. The van der Waals surface area contributed by atoms with E-state index in [-0.39, 0.29) is 11.8 Å². The number of hydrogen-bond donors (Lipinski definition) is 0. The smallest absolute Gasteiger partial charge is 0.224 e. The van der Waals surface area contributed by atoms with E-state index in [0.29, 0.717) is 13.0 Å². The van der Waals surface area contributed by atoms with E-state index in [9.17, 15) is 4.79 Å². The van der Waals surface area contributed by atoms with Gasteiger partial charge in [-0.05, 0) is 30.7 Å². The maximum atomic E-state index is 12.4. The normalized spacial score (nSPS) is 17.1. The van der Waals surface area contributed by atoms with Crippen LogP contribution in [0.4, 0.5) is 0 Å². The van der Waals surface area contributed by atoms with Gasteiger partial charge in [-0.3, -0.25) is 9.48 Å². The van der Waals surface area contributed by atoms with Crippen molar-refractivity contribution in [2.45, 2.75) is 25.3 Å². The minimum atomic E-state index is 0.176. The van der Waals surface area contributed by atoms with Crippen molar-refractivity contribution in [1.29, 1.82) is 0 Å². The summed E-state index contributed by atoms with van der Waals surface area (Å²) in [5.41, 5.74) is 1.11. The van der Waals surface area contributed by atoms with Crippen LogP contribution in [0.3, 0.4) is 0 Å². The van der Waals surface area contributed by atoms with E-state index in [4.69, 9.17) is 9.47 Å². The molecule has 2 heterocycles. The second-order valence-corrected chi connectivity index (χ2v) is 5.95. The minimum Gasteiger partial charge on any atom is -0.497 e. The van der Waals surface area contributed by atoms with E-state index < -0.39 is 0 Å². The molecule has 1 aromatic heterocycles. The fourth-order valence-corrected chi connectivity index (χ4v) is 3.20. The first-order chi connectivity index (χ1) is 11.7. The molecule has 1 fully saturated rings. The number of aryl methyl sites for hydroxylation is 1. The Hall–Kier alpha value is -2.50. The molecule has 1 amide bonds. The van der Waals surface area contributed by atoms with Gasteiger partial charge in [0.25, 0.3) is 0 Å². The Kier molecular flexibility index (Phi) is 5.03. The number of nitrogens with zero attached hydrogens (tertiary/aromatic N) is 3. The third-order valence-corrected chi connectivity index (χ3v) is 4.53. The third kappa shape index (κ3) is 3.53. The number of rotatable bonds is 6. The Morgan fingerprint density at radius 3 is 2.92 bits per heavy atom. The molecule has 0 spiro atoms. The van der Waals surface area contributed by atoms with Crippen LogP contribution < -0.4 is 9.47 Å². The molecule has 1 atom stereocenters. The second-order valence-electron chi connectivity index (χ2n) is 5.95. The molecule has 1 aromatic carbocycles.